The van der Waals surface area contributed by atoms with Crippen molar-refractivity contribution >= 4 is 17.5 Å². The zero-order chi connectivity index (χ0) is 15.2. The first-order valence-electron chi connectivity index (χ1n) is 7.46. The van der Waals surface area contributed by atoms with Crippen LogP contribution in [0.5, 0.6) is 0 Å². The van der Waals surface area contributed by atoms with Crippen LogP contribution in [-0.4, -0.2) is 29.9 Å². The van der Waals surface area contributed by atoms with E-state index in [1.807, 2.05) is 4.90 Å². The fraction of sp³-hybridized carbons (Fsp3) is 0.471. The number of rotatable bonds is 5. The number of carbonyl (C=O) groups excluding carboxylic acids is 1. The van der Waals surface area contributed by atoms with Crippen molar-refractivity contribution in [3.8, 4) is 11.8 Å². The third-order valence-electron chi connectivity index (χ3n) is 3.54. The Hall–Kier alpha value is -1.50. The SMILES string of the molecule is CCCCN(C(=O)c1ccc(C#CCN)c(Cl)c1)C1CC1. The van der Waals surface area contributed by atoms with Crippen molar-refractivity contribution in [1.82, 2.24) is 4.90 Å². The summed E-state index contributed by atoms with van der Waals surface area (Å²) in [7, 11) is 0. The summed E-state index contributed by atoms with van der Waals surface area (Å²) >= 11 is 6.20. The lowest BCUT2D eigenvalue weighted by molar-refractivity contribution is 0.0741. The van der Waals surface area contributed by atoms with E-state index in [4.69, 9.17) is 17.3 Å². The van der Waals surface area contributed by atoms with Crippen LogP contribution in [0.3, 0.4) is 0 Å². The molecule has 1 aliphatic carbocycles. The minimum absolute atomic E-state index is 0.0752. The largest absolute Gasteiger partial charge is 0.336 e. The highest BCUT2D eigenvalue weighted by Crippen LogP contribution is 2.29. The minimum atomic E-state index is 0.0752. The number of amides is 1. The van der Waals surface area contributed by atoms with Crippen molar-refractivity contribution in [2.45, 2.75) is 38.6 Å². The fourth-order valence-electron chi connectivity index (χ4n) is 2.23. The number of hydrogen-bond acceptors (Lipinski definition) is 2. The Morgan fingerprint density at radius 3 is 2.81 bits per heavy atom. The Balaban J connectivity index is 2.16. The number of nitrogens with zero attached hydrogens (tertiary/aromatic N) is 1. The maximum absolute atomic E-state index is 12.6. The molecule has 1 saturated carbocycles. The molecule has 112 valence electrons. The van der Waals surface area contributed by atoms with Crippen LogP contribution in [-0.2, 0) is 0 Å². The highest BCUT2D eigenvalue weighted by molar-refractivity contribution is 6.32. The van der Waals surface area contributed by atoms with Gasteiger partial charge in [-0.3, -0.25) is 4.79 Å². The Morgan fingerprint density at radius 1 is 1.48 bits per heavy atom. The third kappa shape index (κ3) is 4.23. The molecule has 0 bridgehead atoms. The van der Waals surface area contributed by atoms with Gasteiger partial charge in [-0.15, -0.1) is 0 Å². The summed E-state index contributed by atoms with van der Waals surface area (Å²) in [6.07, 6.45) is 4.35. The molecule has 1 aliphatic rings. The first kappa shape index (κ1) is 15.9. The summed E-state index contributed by atoms with van der Waals surface area (Å²) in [6, 6.07) is 5.73. The van der Waals surface area contributed by atoms with Crippen molar-refractivity contribution in [2.24, 2.45) is 5.73 Å². The zero-order valence-corrected chi connectivity index (χ0v) is 13.1. The van der Waals surface area contributed by atoms with Crippen molar-refractivity contribution in [3.05, 3.63) is 34.3 Å². The van der Waals surface area contributed by atoms with E-state index in [2.05, 4.69) is 18.8 Å². The quantitative estimate of drug-likeness (QED) is 0.850. The molecule has 0 saturated heterocycles. The summed E-state index contributed by atoms with van der Waals surface area (Å²) in [6.45, 7) is 3.26. The fourth-order valence-corrected chi connectivity index (χ4v) is 2.45. The number of nitrogens with two attached hydrogens (primary N) is 1. The second-order valence-corrected chi connectivity index (χ2v) is 5.69. The maximum atomic E-state index is 12.6. The van der Waals surface area contributed by atoms with Gasteiger partial charge < -0.3 is 10.6 Å². The van der Waals surface area contributed by atoms with Gasteiger partial charge in [0.1, 0.15) is 0 Å². The van der Waals surface area contributed by atoms with Gasteiger partial charge in [0.15, 0.2) is 0 Å². The van der Waals surface area contributed by atoms with Crippen LogP contribution in [0, 0.1) is 11.8 Å². The van der Waals surface area contributed by atoms with Gasteiger partial charge in [-0.05, 0) is 37.5 Å². The van der Waals surface area contributed by atoms with E-state index in [0.29, 0.717) is 28.7 Å². The highest BCUT2D eigenvalue weighted by atomic mass is 35.5. The van der Waals surface area contributed by atoms with Crippen molar-refractivity contribution < 1.29 is 4.79 Å². The predicted octanol–water partition coefficient (Wildman–Crippen LogP) is 3.05. The van der Waals surface area contributed by atoms with Crippen LogP contribution in [0.1, 0.15) is 48.5 Å². The molecule has 1 aromatic carbocycles. The summed E-state index contributed by atoms with van der Waals surface area (Å²) < 4.78 is 0. The minimum Gasteiger partial charge on any atom is -0.336 e. The van der Waals surface area contributed by atoms with E-state index in [-0.39, 0.29) is 5.91 Å². The summed E-state index contributed by atoms with van der Waals surface area (Å²) in [5, 5.41) is 0.507. The normalized spacial score (nSPS) is 13.5. The van der Waals surface area contributed by atoms with Crippen LogP contribution in [0.4, 0.5) is 0 Å². The lowest BCUT2D eigenvalue weighted by atomic mass is 10.1. The molecule has 0 aliphatic heterocycles. The average molecular weight is 305 g/mol. The van der Waals surface area contributed by atoms with Crippen LogP contribution in [0.2, 0.25) is 5.02 Å². The van der Waals surface area contributed by atoms with Crippen molar-refractivity contribution in [2.75, 3.05) is 13.1 Å². The molecular weight excluding hydrogens is 284 g/mol. The molecule has 0 unspecified atom stereocenters. The van der Waals surface area contributed by atoms with Gasteiger partial charge >= 0.3 is 0 Å². The molecule has 4 heteroatoms. The van der Waals surface area contributed by atoms with Gasteiger partial charge in [-0.25, -0.2) is 0 Å². The van der Waals surface area contributed by atoms with Crippen LogP contribution < -0.4 is 5.73 Å². The van der Waals surface area contributed by atoms with E-state index in [9.17, 15) is 4.79 Å². The third-order valence-corrected chi connectivity index (χ3v) is 3.85. The van der Waals surface area contributed by atoms with Gasteiger partial charge in [0.25, 0.3) is 5.91 Å². The summed E-state index contributed by atoms with van der Waals surface area (Å²) in [5.41, 5.74) is 6.71. The Bertz CT molecular complexity index is 570. The molecule has 1 aromatic rings. The lowest BCUT2D eigenvalue weighted by Crippen LogP contribution is -2.34. The van der Waals surface area contributed by atoms with Gasteiger partial charge in [0.2, 0.25) is 0 Å². The molecule has 0 radical (unpaired) electrons. The molecule has 3 nitrogen and oxygen atoms in total. The monoisotopic (exact) mass is 304 g/mol. The zero-order valence-electron chi connectivity index (χ0n) is 12.4. The Kier molecular flexibility index (Phi) is 5.67. The molecule has 0 spiro atoms. The lowest BCUT2D eigenvalue weighted by Gasteiger charge is -2.22. The number of hydrogen-bond donors (Lipinski definition) is 1. The molecule has 2 N–H and O–H groups in total. The maximum Gasteiger partial charge on any atom is 0.254 e. The molecular formula is C17H21ClN2O. The van der Waals surface area contributed by atoms with Crippen LogP contribution in [0.25, 0.3) is 0 Å². The molecule has 1 amide bonds. The number of carbonyl (C=O) groups is 1. The number of unbranched alkanes of at least 4 members (excludes halogenated alkanes) is 1. The Labute approximate surface area is 131 Å². The topological polar surface area (TPSA) is 46.3 Å². The molecule has 0 aromatic heterocycles. The highest BCUT2D eigenvalue weighted by Gasteiger charge is 2.32. The summed E-state index contributed by atoms with van der Waals surface area (Å²) in [5.74, 6) is 5.75. The van der Waals surface area contributed by atoms with E-state index in [1.54, 1.807) is 18.2 Å². The Morgan fingerprint density at radius 2 is 2.24 bits per heavy atom. The van der Waals surface area contributed by atoms with Gasteiger partial charge in [-0.1, -0.05) is 36.8 Å². The molecule has 0 heterocycles. The van der Waals surface area contributed by atoms with Crippen LogP contribution >= 0.6 is 11.6 Å². The average Bonchev–Trinajstić information content (AvgIpc) is 3.31. The number of benzene rings is 1. The van der Waals surface area contributed by atoms with E-state index in [0.717, 1.165) is 32.2 Å². The molecule has 2 rings (SSSR count). The van der Waals surface area contributed by atoms with E-state index >= 15 is 0 Å². The molecule has 1 fully saturated rings. The van der Waals surface area contributed by atoms with Gasteiger partial charge in [0.05, 0.1) is 11.6 Å². The van der Waals surface area contributed by atoms with Crippen molar-refractivity contribution in [3.63, 3.8) is 0 Å². The van der Waals surface area contributed by atoms with E-state index < -0.39 is 0 Å². The first-order chi connectivity index (χ1) is 10.2. The second-order valence-electron chi connectivity index (χ2n) is 5.28. The first-order valence-corrected chi connectivity index (χ1v) is 7.84. The number of halogens is 1. The van der Waals surface area contributed by atoms with E-state index in [1.165, 1.54) is 0 Å². The van der Waals surface area contributed by atoms with Crippen LogP contribution in [0.15, 0.2) is 18.2 Å². The second kappa shape index (κ2) is 7.49. The smallest absolute Gasteiger partial charge is 0.254 e. The standard InChI is InChI=1S/C17H21ClN2O/c1-2-3-11-20(15-8-9-15)17(21)14-7-6-13(5-4-10-19)16(18)12-14/h6-7,12,15H,2-3,8-11,19H2,1H3. The van der Waals surface area contributed by atoms with Crippen molar-refractivity contribution in [1.29, 1.82) is 0 Å². The van der Waals surface area contributed by atoms with Gasteiger partial charge in [-0.2, -0.15) is 0 Å². The van der Waals surface area contributed by atoms with Gasteiger partial charge in [0, 0.05) is 23.7 Å². The molecule has 0 atom stereocenters. The summed E-state index contributed by atoms with van der Waals surface area (Å²) in [4.78, 5) is 14.6. The predicted molar refractivity (Wildman–Crippen MR) is 86.4 cm³/mol. The molecule has 21 heavy (non-hydrogen) atoms.